The zero-order valence-electron chi connectivity index (χ0n) is 13.5. The number of rotatable bonds is 8. The highest BCUT2D eigenvalue weighted by Gasteiger charge is 2.31. The third-order valence-electron chi connectivity index (χ3n) is 3.66. The fourth-order valence-corrected chi connectivity index (χ4v) is 2.50. The van der Waals surface area contributed by atoms with E-state index >= 15 is 0 Å². The van der Waals surface area contributed by atoms with E-state index in [0.717, 1.165) is 12.0 Å². The predicted octanol–water partition coefficient (Wildman–Crippen LogP) is 0.883. The number of carboxylic acids is 1. The van der Waals surface area contributed by atoms with Gasteiger partial charge in [-0.1, -0.05) is 13.3 Å². The van der Waals surface area contributed by atoms with Crippen molar-refractivity contribution in [3.05, 3.63) is 23.8 Å². The lowest BCUT2D eigenvalue weighted by molar-refractivity contribution is -0.142. The molecule has 0 aliphatic rings. The van der Waals surface area contributed by atoms with Crippen LogP contribution in [0.25, 0.3) is 0 Å². The minimum atomic E-state index is -0.848. The molecule has 2 N–H and O–H groups in total. The molecule has 9 nitrogen and oxygen atoms in total. The monoisotopic (exact) mass is 319 g/mol. The van der Waals surface area contributed by atoms with Gasteiger partial charge in [-0.2, -0.15) is 0 Å². The van der Waals surface area contributed by atoms with Crippen LogP contribution in [-0.4, -0.2) is 55.8 Å². The van der Waals surface area contributed by atoms with Gasteiger partial charge in [0.25, 0.3) is 0 Å². The number of carboxylic acid groups (broad SMARTS) is 1. The molecular weight excluding hydrogens is 298 g/mol. The van der Waals surface area contributed by atoms with Gasteiger partial charge in [-0.05, 0) is 28.8 Å². The molecular formula is C14H21N7O2. The van der Waals surface area contributed by atoms with Gasteiger partial charge in [-0.3, -0.25) is 4.79 Å². The van der Waals surface area contributed by atoms with E-state index in [1.54, 1.807) is 17.3 Å². The number of nitrogens with one attached hydrogen (secondary N) is 1. The minimum Gasteiger partial charge on any atom is -0.481 e. The zero-order chi connectivity index (χ0) is 16.8. The Morgan fingerprint density at radius 3 is 2.52 bits per heavy atom. The van der Waals surface area contributed by atoms with E-state index < -0.39 is 11.9 Å². The first kappa shape index (κ1) is 16.8. The molecule has 2 heterocycles. The third-order valence-corrected chi connectivity index (χ3v) is 3.66. The summed E-state index contributed by atoms with van der Waals surface area (Å²) >= 11 is 0. The second kappa shape index (κ2) is 7.61. The van der Waals surface area contributed by atoms with Crippen molar-refractivity contribution in [1.29, 1.82) is 0 Å². The van der Waals surface area contributed by atoms with Crippen LogP contribution in [0.15, 0.2) is 12.4 Å². The largest absolute Gasteiger partial charge is 0.481 e. The fraction of sp³-hybridized carbons (Fsp3) is 0.571. The maximum absolute atomic E-state index is 11.6. The Balaban J connectivity index is 2.25. The van der Waals surface area contributed by atoms with Crippen molar-refractivity contribution in [3.63, 3.8) is 0 Å². The van der Waals surface area contributed by atoms with E-state index in [0.29, 0.717) is 24.6 Å². The molecule has 2 aromatic rings. The number of hydrogen-bond acceptors (Lipinski definition) is 7. The molecule has 0 aromatic carbocycles. The van der Waals surface area contributed by atoms with Crippen LogP contribution in [0, 0.1) is 5.92 Å². The molecule has 0 aliphatic heterocycles. The van der Waals surface area contributed by atoms with Crippen molar-refractivity contribution in [2.45, 2.75) is 32.1 Å². The average molecular weight is 319 g/mol. The summed E-state index contributed by atoms with van der Waals surface area (Å²) in [4.78, 5) is 22.0. The van der Waals surface area contributed by atoms with E-state index in [4.69, 9.17) is 0 Å². The maximum atomic E-state index is 11.6. The minimum absolute atomic E-state index is 0.351. The van der Waals surface area contributed by atoms with Gasteiger partial charge in [-0.25, -0.2) is 15.1 Å². The Kier molecular flexibility index (Phi) is 5.56. The number of carbonyl (C=O) groups is 1. The van der Waals surface area contributed by atoms with Crippen molar-refractivity contribution in [2.24, 2.45) is 5.92 Å². The van der Waals surface area contributed by atoms with Gasteiger partial charge in [0.15, 0.2) is 5.82 Å². The zero-order valence-corrected chi connectivity index (χ0v) is 13.5. The van der Waals surface area contributed by atoms with Crippen LogP contribution in [0.3, 0.4) is 0 Å². The molecule has 0 bridgehead atoms. The highest BCUT2D eigenvalue weighted by atomic mass is 16.4. The molecule has 0 fully saturated rings. The van der Waals surface area contributed by atoms with Gasteiger partial charge in [-0.15, -0.1) is 5.10 Å². The summed E-state index contributed by atoms with van der Waals surface area (Å²) in [6, 6.07) is 0. The van der Waals surface area contributed by atoms with Gasteiger partial charge in [0.1, 0.15) is 0 Å². The topological polar surface area (TPSA) is 121 Å². The summed E-state index contributed by atoms with van der Waals surface area (Å²) in [5.41, 5.74) is 0.847. The van der Waals surface area contributed by atoms with Crippen LogP contribution in [0.1, 0.15) is 37.1 Å². The summed E-state index contributed by atoms with van der Waals surface area (Å²) in [5, 5.41) is 23.3. The lowest BCUT2D eigenvalue weighted by atomic mass is 9.84. The molecule has 23 heavy (non-hydrogen) atoms. The second-order valence-electron chi connectivity index (χ2n) is 5.62. The van der Waals surface area contributed by atoms with E-state index in [-0.39, 0.29) is 5.92 Å². The van der Waals surface area contributed by atoms with E-state index in [1.165, 1.54) is 0 Å². The Labute approximate surface area is 134 Å². The Morgan fingerprint density at radius 2 is 2.04 bits per heavy atom. The van der Waals surface area contributed by atoms with Crippen molar-refractivity contribution in [2.75, 3.05) is 19.0 Å². The summed E-state index contributed by atoms with van der Waals surface area (Å²) in [5.74, 6) is -0.684. The van der Waals surface area contributed by atoms with Gasteiger partial charge < -0.3 is 10.0 Å². The van der Waals surface area contributed by atoms with Gasteiger partial charge >= 0.3 is 5.97 Å². The van der Waals surface area contributed by atoms with Crippen molar-refractivity contribution in [3.8, 4) is 0 Å². The summed E-state index contributed by atoms with van der Waals surface area (Å²) in [7, 11) is 3.72. The van der Waals surface area contributed by atoms with Crippen molar-refractivity contribution < 1.29 is 9.90 Å². The third kappa shape index (κ3) is 4.21. The second-order valence-corrected chi connectivity index (χ2v) is 5.62. The molecule has 9 heteroatoms. The van der Waals surface area contributed by atoms with Crippen LogP contribution in [0.4, 0.5) is 5.95 Å². The number of hydrogen-bond donors (Lipinski definition) is 2. The van der Waals surface area contributed by atoms with Crippen LogP contribution < -0.4 is 4.90 Å². The fourth-order valence-electron chi connectivity index (χ4n) is 2.50. The first-order chi connectivity index (χ1) is 11.0. The summed E-state index contributed by atoms with van der Waals surface area (Å²) in [6.07, 6.45) is 5.21. The van der Waals surface area contributed by atoms with E-state index in [1.807, 2.05) is 21.0 Å². The number of aliphatic carboxylic acids is 1. The lowest BCUT2D eigenvalue weighted by Crippen LogP contribution is -2.25. The quantitative estimate of drug-likeness (QED) is 0.735. The van der Waals surface area contributed by atoms with Gasteiger partial charge in [0.2, 0.25) is 5.95 Å². The molecule has 124 valence electrons. The molecule has 0 saturated heterocycles. The van der Waals surface area contributed by atoms with Crippen LogP contribution in [0.5, 0.6) is 0 Å². The number of H-pyrrole nitrogens is 1. The van der Waals surface area contributed by atoms with Crippen molar-refractivity contribution in [1.82, 2.24) is 30.6 Å². The molecule has 2 rings (SSSR count). The Morgan fingerprint density at radius 1 is 1.35 bits per heavy atom. The number of tetrazole rings is 1. The predicted molar refractivity (Wildman–Crippen MR) is 83.0 cm³/mol. The molecule has 0 unspecified atom stereocenters. The molecule has 0 amide bonds. The molecule has 0 radical (unpaired) electrons. The maximum Gasteiger partial charge on any atom is 0.307 e. The van der Waals surface area contributed by atoms with E-state index in [2.05, 4.69) is 30.6 Å². The van der Waals surface area contributed by atoms with E-state index in [9.17, 15) is 9.90 Å². The van der Waals surface area contributed by atoms with Crippen molar-refractivity contribution >= 4 is 11.9 Å². The SMILES string of the molecule is CCC[C@H](C(=O)O)[C@H](Cc1cnc(N(C)C)nc1)c1nnn[nH]1. The smallest absolute Gasteiger partial charge is 0.307 e. The first-order valence-electron chi connectivity index (χ1n) is 7.47. The number of anilines is 1. The summed E-state index contributed by atoms with van der Waals surface area (Å²) < 4.78 is 0. The first-order valence-corrected chi connectivity index (χ1v) is 7.47. The van der Waals surface area contributed by atoms with Gasteiger partial charge in [0.05, 0.1) is 5.92 Å². The normalized spacial score (nSPS) is 13.5. The molecule has 2 atom stereocenters. The lowest BCUT2D eigenvalue weighted by Gasteiger charge is -2.21. The summed E-state index contributed by atoms with van der Waals surface area (Å²) in [6.45, 7) is 1.96. The molecule has 0 saturated carbocycles. The highest BCUT2D eigenvalue weighted by Crippen LogP contribution is 2.29. The van der Waals surface area contributed by atoms with Gasteiger partial charge in [0, 0.05) is 32.4 Å². The standard InChI is InChI=1S/C14H21N7O2/c1-4-5-10(13(22)23)11(12-17-19-20-18-12)6-9-7-15-14(16-8-9)21(2)3/h7-8,10-11H,4-6H2,1-3H3,(H,22,23)(H,17,18,19,20)/t10-,11-/m0/s1. The Bertz CT molecular complexity index is 613. The number of nitrogens with zero attached hydrogens (tertiary/aromatic N) is 6. The number of aromatic nitrogens is 6. The average Bonchev–Trinajstić information content (AvgIpc) is 3.05. The molecule has 2 aromatic heterocycles. The van der Waals surface area contributed by atoms with Crippen LogP contribution in [-0.2, 0) is 11.2 Å². The molecule has 0 aliphatic carbocycles. The highest BCUT2D eigenvalue weighted by molar-refractivity contribution is 5.71. The Hall–Kier alpha value is -2.58. The molecule has 0 spiro atoms. The van der Waals surface area contributed by atoms with Crippen LogP contribution in [0.2, 0.25) is 0 Å². The van der Waals surface area contributed by atoms with Crippen LogP contribution >= 0.6 is 0 Å². The number of aromatic amines is 1.